The van der Waals surface area contributed by atoms with E-state index in [9.17, 15) is 27.6 Å². The first-order valence-electron chi connectivity index (χ1n) is 13.8. The fraction of sp³-hybridized carbons (Fsp3) is 0.333. The van der Waals surface area contributed by atoms with Gasteiger partial charge in [0.1, 0.15) is 5.69 Å². The van der Waals surface area contributed by atoms with E-state index in [0.29, 0.717) is 44.0 Å². The second-order valence-corrected chi connectivity index (χ2v) is 11.0. The van der Waals surface area contributed by atoms with Crippen LogP contribution in [0.3, 0.4) is 0 Å². The number of anilines is 2. The van der Waals surface area contributed by atoms with Crippen LogP contribution in [0.4, 0.5) is 29.5 Å². The van der Waals surface area contributed by atoms with Gasteiger partial charge in [-0.15, -0.1) is 0 Å². The fourth-order valence-electron chi connectivity index (χ4n) is 4.06. The van der Waals surface area contributed by atoms with Gasteiger partial charge in [-0.05, 0) is 50.6 Å². The summed E-state index contributed by atoms with van der Waals surface area (Å²) in [4.78, 5) is 58.8. The first kappa shape index (κ1) is 34.4. The lowest BCUT2D eigenvalue weighted by Gasteiger charge is -2.34. The number of carboxylic acids is 1. The summed E-state index contributed by atoms with van der Waals surface area (Å²) in [5, 5.41) is 15.4. The summed E-state index contributed by atoms with van der Waals surface area (Å²) in [5.41, 5.74) is 2.28. The van der Waals surface area contributed by atoms with Crippen LogP contribution in [0, 0.1) is 0 Å². The summed E-state index contributed by atoms with van der Waals surface area (Å²) in [6.07, 6.45) is -2.34. The van der Waals surface area contributed by atoms with Crippen molar-refractivity contribution in [1.29, 1.82) is 0 Å². The lowest BCUT2D eigenvalue weighted by molar-refractivity contribution is -0.192. The van der Waals surface area contributed by atoms with Crippen molar-refractivity contribution in [2.24, 2.45) is 0 Å². The van der Waals surface area contributed by atoms with E-state index >= 15 is 0 Å². The molecule has 1 fully saturated rings. The number of nitrogens with zero attached hydrogens (tertiary/aromatic N) is 4. The Morgan fingerprint density at radius 1 is 0.867 bits per heavy atom. The van der Waals surface area contributed by atoms with Gasteiger partial charge in [-0.25, -0.2) is 19.6 Å². The highest BCUT2D eigenvalue weighted by molar-refractivity contribution is 5.99. The van der Waals surface area contributed by atoms with Crippen molar-refractivity contribution in [1.82, 2.24) is 25.1 Å². The second-order valence-electron chi connectivity index (χ2n) is 11.0. The molecule has 1 aliphatic heterocycles. The predicted molar refractivity (Wildman–Crippen MR) is 160 cm³/mol. The summed E-state index contributed by atoms with van der Waals surface area (Å²) in [5.74, 6) is -2.79. The number of carbonyl (C=O) groups is 4. The molecule has 240 valence electrons. The van der Waals surface area contributed by atoms with Gasteiger partial charge in [0, 0.05) is 49.5 Å². The van der Waals surface area contributed by atoms with Gasteiger partial charge in [0.05, 0.1) is 12.4 Å². The summed E-state index contributed by atoms with van der Waals surface area (Å²) in [6.45, 7) is 9.10. The summed E-state index contributed by atoms with van der Waals surface area (Å²) in [7, 11) is 0. The van der Waals surface area contributed by atoms with Crippen LogP contribution in [0.25, 0.3) is 0 Å². The Morgan fingerprint density at radius 3 is 2.07 bits per heavy atom. The lowest BCUT2D eigenvalue weighted by atomic mass is 10.1. The normalized spacial score (nSPS) is 13.6. The van der Waals surface area contributed by atoms with Gasteiger partial charge in [-0.1, -0.05) is 30.3 Å². The third-order valence-corrected chi connectivity index (χ3v) is 6.13. The molecule has 12 nitrogen and oxygen atoms in total. The number of halogens is 3. The van der Waals surface area contributed by atoms with Crippen molar-refractivity contribution in [3.8, 4) is 0 Å². The number of para-hydroxylation sites is 1. The van der Waals surface area contributed by atoms with E-state index in [4.69, 9.17) is 9.90 Å². The van der Waals surface area contributed by atoms with Gasteiger partial charge < -0.3 is 20.6 Å². The van der Waals surface area contributed by atoms with Gasteiger partial charge >= 0.3 is 18.2 Å². The standard InChI is InChI=1S/C28H33N7O3.C2HF3O2/c1-28(2,3)33-25(36)21-9-7-8-20(16-21)19-34-12-14-35(15-13-34)26(37)23-17-30-24(18-29-23)32-27(38)31-22-10-5-4-6-11-22;3-2(4,5)1(6)7/h4-11,16-18H,12-15,19H2,1-3H3,(H,33,36)(H2,30,31,32,38);(H,6,7). The molecule has 2 aromatic carbocycles. The van der Waals surface area contributed by atoms with Gasteiger partial charge in [0.25, 0.3) is 11.8 Å². The number of hydrogen-bond donors (Lipinski definition) is 4. The Labute approximate surface area is 257 Å². The quantitative estimate of drug-likeness (QED) is 0.316. The maximum atomic E-state index is 12.9. The topological polar surface area (TPSA) is 157 Å². The third-order valence-electron chi connectivity index (χ3n) is 6.13. The van der Waals surface area contributed by atoms with Crippen LogP contribution in [0.1, 0.15) is 47.2 Å². The lowest BCUT2D eigenvalue weighted by Crippen LogP contribution is -2.48. The number of carbonyl (C=O) groups excluding carboxylic acids is 3. The van der Waals surface area contributed by atoms with Crippen LogP contribution in [0.15, 0.2) is 67.0 Å². The number of amides is 4. The Morgan fingerprint density at radius 2 is 1.51 bits per heavy atom. The molecule has 0 bridgehead atoms. The number of hydrogen-bond acceptors (Lipinski definition) is 7. The Balaban J connectivity index is 0.000000707. The smallest absolute Gasteiger partial charge is 0.475 e. The molecule has 15 heteroatoms. The van der Waals surface area contributed by atoms with Crippen molar-refractivity contribution >= 4 is 35.3 Å². The molecule has 4 rings (SSSR count). The van der Waals surface area contributed by atoms with Crippen LogP contribution in [-0.2, 0) is 11.3 Å². The number of aromatic nitrogens is 2. The molecule has 0 saturated carbocycles. The Bertz CT molecular complexity index is 1470. The van der Waals surface area contributed by atoms with Crippen LogP contribution in [0.2, 0.25) is 0 Å². The molecule has 4 amide bonds. The number of alkyl halides is 3. The van der Waals surface area contributed by atoms with Gasteiger partial charge in [0.2, 0.25) is 0 Å². The zero-order chi connectivity index (χ0) is 33.2. The molecular weight excluding hydrogens is 595 g/mol. The monoisotopic (exact) mass is 629 g/mol. The minimum absolute atomic E-state index is 0.0890. The molecule has 0 radical (unpaired) electrons. The SMILES string of the molecule is CC(C)(C)NC(=O)c1cccc(CN2CCN(C(=O)c3cnc(NC(=O)Nc4ccccc4)cn3)CC2)c1.O=C(O)C(F)(F)F. The average Bonchev–Trinajstić information content (AvgIpc) is 2.97. The van der Waals surface area contributed by atoms with E-state index < -0.39 is 18.2 Å². The number of benzene rings is 2. The molecular formula is C30H34F3N7O5. The first-order valence-corrected chi connectivity index (χ1v) is 13.8. The summed E-state index contributed by atoms with van der Waals surface area (Å²) < 4.78 is 31.7. The zero-order valence-electron chi connectivity index (χ0n) is 24.9. The van der Waals surface area contributed by atoms with Crippen LogP contribution >= 0.6 is 0 Å². The molecule has 0 unspecified atom stereocenters. The van der Waals surface area contributed by atoms with Gasteiger partial charge in [0.15, 0.2) is 5.82 Å². The average molecular weight is 630 g/mol. The van der Waals surface area contributed by atoms with Crippen molar-refractivity contribution < 1.29 is 37.5 Å². The second kappa shape index (κ2) is 15.1. The van der Waals surface area contributed by atoms with Gasteiger partial charge in [-0.2, -0.15) is 13.2 Å². The Kier molecular flexibility index (Phi) is 11.6. The highest BCUT2D eigenvalue weighted by atomic mass is 19.4. The number of rotatable bonds is 6. The van der Waals surface area contributed by atoms with E-state index in [1.54, 1.807) is 17.0 Å². The highest BCUT2D eigenvalue weighted by Gasteiger charge is 2.38. The van der Waals surface area contributed by atoms with E-state index in [1.165, 1.54) is 12.4 Å². The predicted octanol–water partition coefficient (Wildman–Crippen LogP) is 4.24. The number of carboxylic acid groups (broad SMARTS) is 1. The number of aliphatic carboxylic acids is 1. The molecule has 45 heavy (non-hydrogen) atoms. The molecule has 0 aliphatic carbocycles. The zero-order valence-corrected chi connectivity index (χ0v) is 24.9. The molecule has 3 aromatic rings. The maximum Gasteiger partial charge on any atom is 0.490 e. The van der Waals surface area contributed by atoms with Crippen molar-refractivity contribution in [3.63, 3.8) is 0 Å². The van der Waals surface area contributed by atoms with Gasteiger partial charge in [-0.3, -0.25) is 19.8 Å². The summed E-state index contributed by atoms with van der Waals surface area (Å²) in [6, 6.07) is 16.3. The minimum atomic E-state index is -5.08. The third kappa shape index (κ3) is 11.5. The molecule has 4 N–H and O–H groups in total. The van der Waals surface area contributed by atoms with Crippen molar-refractivity contribution in [2.75, 3.05) is 36.8 Å². The highest BCUT2D eigenvalue weighted by Crippen LogP contribution is 2.15. The molecule has 2 heterocycles. The fourth-order valence-corrected chi connectivity index (χ4v) is 4.06. The number of nitrogens with one attached hydrogen (secondary N) is 3. The molecule has 1 aliphatic rings. The molecule has 1 aromatic heterocycles. The van der Waals surface area contributed by atoms with Crippen molar-refractivity contribution in [3.05, 3.63) is 83.8 Å². The first-order chi connectivity index (χ1) is 21.1. The number of piperazine rings is 1. The van der Waals surface area contributed by atoms with E-state index in [1.807, 2.05) is 63.2 Å². The van der Waals surface area contributed by atoms with Crippen molar-refractivity contribution in [2.45, 2.75) is 39.0 Å². The van der Waals surface area contributed by atoms with Crippen LogP contribution in [0.5, 0.6) is 0 Å². The summed E-state index contributed by atoms with van der Waals surface area (Å²) >= 11 is 0. The minimum Gasteiger partial charge on any atom is -0.475 e. The van der Waals surface area contributed by atoms with E-state index in [-0.39, 0.29) is 28.9 Å². The van der Waals surface area contributed by atoms with Crippen LogP contribution in [-0.4, -0.2) is 86.6 Å². The van der Waals surface area contributed by atoms with Crippen LogP contribution < -0.4 is 16.0 Å². The molecule has 1 saturated heterocycles. The molecule has 0 atom stereocenters. The van der Waals surface area contributed by atoms with E-state index in [0.717, 1.165) is 5.56 Å². The Hall–Kier alpha value is -5.05. The largest absolute Gasteiger partial charge is 0.490 e. The number of urea groups is 1. The van der Waals surface area contributed by atoms with E-state index in [2.05, 4.69) is 30.8 Å². The molecule has 0 spiro atoms. The maximum absolute atomic E-state index is 12.9.